The van der Waals surface area contributed by atoms with Crippen LogP contribution in [0.5, 0.6) is 0 Å². The highest BCUT2D eigenvalue weighted by molar-refractivity contribution is 5.85. The zero-order valence-electron chi connectivity index (χ0n) is 12.1. The lowest BCUT2D eigenvalue weighted by Crippen LogP contribution is -2.57. The molecule has 1 N–H and O–H groups in total. The molecule has 0 aliphatic carbocycles. The lowest BCUT2D eigenvalue weighted by molar-refractivity contribution is -0.139. The Bertz CT molecular complexity index is 311. The van der Waals surface area contributed by atoms with Gasteiger partial charge < -0.3 is 10.2 Å². The molecule has 118 valence electrons. The van der Waals surface area contributed by atoms with Gasteiger partial charge in [0, 0.05) is 32.2 Å². The first-order valence-electron chi connectivity index (χ1n) is 7.58. The zero-order chi connectivity index (χ0) is 12.4. The molecule has 1 unspecified atom stereocenters. The molecule has 6 heteroatoms. The molecule has 0 radical (unpaired) electrons. The van der Waals surface area contributed by atoms with Crippen LogP contribution >= 0.6 is 24.8 Å². The first-order valence-corrected chi connectivity index (χ1v) is 7.58. The summed E-state index contributed by atoms with van der Waals surface area (Å²) in [5, 5.41) is 3.35. The molecule has 0 spiro atoms. The molecule has 0 aromatic heterocycles. The molecule has 3 fully saturated rings. The smallest absolute Gasteiger partial charge is 0.227 e. The number of hydrogen-bond acceptors (Lipinski definition) is 3. The molecule has 0 aromatic rings. The van der Waals surface area contributed by atoms with Gasteiger partial charge in [0.1, 0.15) is 0 Å². The maximum atomic E-state index is 12.5. The minimum Gasteiger partial charge on any atom is -0.340 e. The fourth-order valence-electron chi connectivity index (χ4n) is 3.68. The van der Waals surface area contributed by atoms with Crippen molar-refractivity contribution in [3.63, 3.8) is 0 Å². The molecule has 0 saturated carbocycles. The first-order chi connectivity index (χ1) is 8.84. The summed E-state index contributed by atoms with van der Waals surface area (Å²) >= 11 is 0. The molecule has 0 aromatic carbocycles. The maximum absolute atomic E-state index is 12.5. The van der Waals surface area contributed by atoms with Crippen molar-refractivity contribution in [2.24, 2.45) is 5.92 Å². The molecule has 3 aliphatic heterocycles. The average molecular weight is 324 g/mol. The summed E-state index contributed by atoms with van der Waals surface area (Å²) in [6.45, 7) is 6.25. The highest BCUT2D eigenvalue weighted by atomic mass is 35.5. The molecule has 2 atom stereocenters. The summed E-state index contributed by atoms with van der Waals surface area (Å²) in [7, 11) is 0. The van der Waals surface area contributed by atoms with Crippen molar-refractivity contribution >= 4 is 30.7 Å². The number of carbonyl (C=O) groups excluding carboxylic acids is 1. The van der Waals surface area contributed by atoms with Crippen LogP contribution in [0.15, 0.2) is 0 Å². The van der Waals surface area contributed by atoms with Gasteiger partial charge in [-0.25, -0.2) is 0 Å². The number of nitrogens with one attached hydrogen (secondary N) is 1. The Balaban J connectivity index is 0.000001000. The van der Waals surface area contributed by atoms with Gasteiger partial charge in [0.15, 0.2) is 0 Å². The number of halogens is 2. The van der Waals surface area contributed by atoms with E-state index in [1.54, 1.807) is 0 Å². The maximum Gasteiger partial charge on any atom is 0.227 e. The minimum absolute atomic E-state index is 0. The second-order valence-electron chi connectivity index (χ2n) is 6.01. The molecule has 4 nitrogen and oxygen atoms in total. The fraction of sp³-hybridized carbons (Fsp3) is 0.929. The van der Waals surface area contributed by atoms with Gasteiger partial charge in [-0.1, -0.05) is 6.42 Å². The van der Waals surface area contributed by atoms with Gasteiger partial charge in [0.25, 0.3) is 0 Å². The van der Waals surface area contributed by atoms with Crippen molar-refractivity contribution in [1.82, 2.24) is 15.1 Å². The number of nitrogens with zero attached hydrogens (tertiary/aromatic N) is 2. The SMILES string of the molecule is Cl.Cl.O=C([C@@H]1CCCNC1)N1CCN2CCCCC2C1. The number of rotatable bonds is 1. The lowest BCUT2D eigenvalue weighted by atomic mass is 9.95. The van der Waals surface area contributed by atoms with E-state index in [2.05, 4.69) is 15.1 Å². The molecular weight excluding hydrogens is 297 g/mol. The Morgan fingerprint density at radius 1 is 1.00 bits per heavy atom. The second-order valence-corrected chi connectivity index (χ2v) is 6.01. The fourth-order valence-corrected chi connectivity index (χ4v) is 3.68. The standard InChI is InChI=1S/C14H25N3O.2ClH/c18-14(12-4-3-6-15-10-12)17-9-8-16-7-2-1-5-13(16)11-17;;/h12-13,15H,1-11H2;2*1H/t12-,13?;;/m1../s1. The summed E-state index contributed by atoms with van der Waals surface area (Å²) in [6, 6.07) is 0.646. The quantitative estimate of drug-likeness (QED) is 0.794. The van der Waals surface area contributed by atoms with Crippen LogP contribution in [0.3, 0.4) is 0 Å². The van der Waals surface area contributed by atoms with Gasteiger partial charge in [0.05, 0.1) is 5.92 Å². The number of piperidine rings is 2. The minimum atomic E-state index is 0. The molecule has 3 rings (SSSR count). The number of carbonyl (C=O) groups is 1. The molecule has 20 heavy (non-hydrogen) atoms. The van der Waals surface area contributed by atoms with Gasteiger partial charge in [-0.05, 0) is 38.8 Å². The van der Waals surface area contributed by atoms with Crippen molar-refractivity contribution in [3.05, 3.63) is 0 Å². The summed E-state index contributed by atoms with van der Waals surface area (Å²) < 4.78 is 0. The Labute approximate surface area is 134 Å². The molecule has 0 bridgehead atoms. The van der Waals surface area contributed by atoms with E-state index < -0.39 is 0 Å². The van der Waals surface area contributed by atoms with Gasteiger partial charge in [-0.3, -0.25) is 9.69 Å². The highest BCUT2D eigenvalue weighted by Crippen LogP contribution is 2.23. The van der Waals surface area contributed by atoms with Crippen LogP contribution in [0.1, 0.15) is 32.1 Å². The zero-order valence-corrected chi connectivity index (χ0v) is 13.7. The topological polar surface area (TPSA) is 35.6 Å². The monoisotopic (exact) mass is 323 g/mol. The van der Waals surface area contributed by atoms with Crippen molar-refractivity contribution in [2.75, 3.05) is 39.3 Å². The normalized spacial score (nSPS) is 30.7. The Hall–Kier alpha value is -0.0300. The third-order valence-electron chi connectivity index (χ3n) is 4.80. The molecule has 3 aliphatic rings. The summed E-state index contributed by atoms with van der Waals surface area (Å²) in [5.41, 5.74) is 0. The first kappa shape index (κ1) is 18.0. The molecular formula is C14H27Cl2N3O. The van der Waals surface area contributed by atoms with Crippen molar-refractivity contribution in [1.29, 1.82) is 0 Å². The third kappa shape index (κ3) is 4.00. The Morgan fingerprint density at radius 3 is 2.60 bits per heavy atom. The van der Waals surface area contributed by atoms with Gasteiger partial charge in [-0.2, -0.15) is 0 Å². The Kier molecular flexibility index (Phi) is 7.59. The number of fused-ring (bicyclic) bond motifs is 1. The van der Waals surface area contributed by atoms with Crippen LogP contribution < -0.4 is 5.32 Å². The Morgan fingerprint density at radius 2 is 1.85 bits per heavy atom. The molecule has 3 saturated heterocycles. The number of amides is 1. The second kappa shape index (κ2) is 8.42. The van der Waals surface area contributed by atoms with E-state index in [0.717, 1.165) is 45.6 Å². The van der Waals surface area contributed by atoms with E-state index in [9.17, 15) is 4.79 Å². The van der Waals surface area contributed by atoms with Crippen LogP contribution in [-0.4, -0.2) is 61.0 Å². The van der Waals surface area contributed by atoms with Crippen LogP contribution in [0.25, 0.3) is 0 Å². The summed E-state index contributed by atoms with van der Waals surface area (Å²) in [6.07, 6.45) is 6.20. The van der Waals surface area contributed by atoms with Gasteiger partial charge in [-0.15, -0.1) is 24.8 Å². The summed E-state index contributed by atoms with van der Waals surface area (Å²) in [5.74, 6) is 0.654. The number of piperazine rings is 1. The lowest BCUT2D eigenvalue weighted by Gasteiger charge is -2.45. The van der Waals surface area contributed by atoms with E-state index in [1.165, 1.54) is 25.8 Å². The van der Waals surface area contributed by atoms with Crippen LogP contribution in [-0.2, 0) is 4.79 Å². The molecule has 3 heterocycles. The number of hydrogen-bond donors (Lipinski definition) is 1. The van der Waals surface area contributed by atoms with E-state index in [0.29, 0.717) is 11.9 Å². The van der Waals surface area contributed by atoms with E-state index >= 15 is 0 Å². The average Bonchev–Trinajstić information content (AvgIpc) is 2.47. The van der Waals surface area contributed by atoms with Crippen LogP contribution in [0.2, 0.25) is 0 Å². The van der Waals surface area contributed by atoms with Crippen molar-refractivity contribution < 1.29 is 4.79 Å². The van der Waals surface area contributed by atoms with Crippen molar-refractivity contribution in [2.45, 2.75) is 38.1 Å². The largest absolute Gasteiger partial charge is 0.340 e. The van der Waals surface area contributed by atoms with Gasteiger partial charge >= 0.3 is 0 Å². The predicted octanol–water partition coefficient (Wildman–Crippen LogP) is 1.53. The van der Waals surface area contributed by atoms with Crippen LogP contribution in [0, 0.1) is 5.92 Å². The summed E-state index contributed by atoms with van der Waals surface area (Å²) in [4.78, 5) is 17.2. The van der Waals surface area contributed by atoms with Gasteiger partial charge in [0.2, 0.25) is 5.91 Å². The highest BCUT2D eigenvalue weighted by Gasteiger charge is 2.33. The third-order valence-corrected chi connectivity index (χ3v) is 4.80. The predicted molar refractivity (Wildman–Crippen MR) is 85.9 cm³/mol. The van der Waals surface area contributed by atoms with E-state index in [4.69, 9.17) is 0 Å². The molecule has 1 amide bonds. The van der Waals surface area contributed by atoms with Crippen LogP contribution in [0.4, 0.5) is 0 Å². The van der Waals surface area contributed by atoms with E-state index in [-0.39, 0.29) is 30.7 Å². The van der Waals surface area contributed by atoms with Crippen molar-refractivity contribution in [3.8, 4) is 0 Å². The van der Waals surface area contributed by atoms with E-state index in [1.807, 2.05) is 0 Å².